The molecule has 1 atom stereocenters. The number of halogens is 2. The SMILES string of the molecule is C[C@]1(c2ccc(OC(F)F)cc2)NC(=O)N(NC(=S)NCc2ccco2)C1=O. The van der Waals surface area contributed by atoms with Gasteiger partial charge in [-0.15, -0.1) is 0 Å². The van der Waals surface area contributed by atoms with Crippen molar-refractivity contribution in [3.05, 3.63) is 54.0 Å². The number of urea groups is 1. The van der Waals surface area contributed by atoms with Crippen molar-refractivity contribution in [3.63, 3.8) is 0 Å². The first-order valence-electron chi connectivity index (χ1n) is 8.08. The lowest BCUT2D eigenvalue weighted by atomic mass is 9.92. The number of carbonyl (C=O) groups is 2. The molecule has 8 nitrogen and oxygen atoms in total. The molecule has 0 radical (unpaired) electrons. The van der Waals surface area contributed by atoms with Gasteiger partial charge < -0.3 is 19.8 Å². The van der Waals surface area contributed by atoms with Crippen molar-refractivity contribution >= 4 is 29.3 Å². The third kappa shape index (κ3) is 4.03. The molecule has 28 heavy (non-hydrogen) atoms. The van der Waals surface area contributed by atoms with Crippen LogP contribution in [0.1, 0.15) is 18.2 Å². The number of thiocarbonyl (C=S) groups is 1. The molecule has 148 valence electrons. The number of hydrogen-bond donors (Lipinski definition) is 3. The van der Waals surface area contributed by atoms with Gasteiger partial charge in [0, 0.05) is 0 Å². The number of hydrogen-bond acceptors (Lipinski definition) is 5. The normalized spacial score (nSPS) is 18.9. The van der Waals surface area contributed by atoms with Gasteiger partial charge in [0.05, 0.1) is 12.8 Å². The first kappa shape index (κ1) is 19.5. The Bertz CT molecular complexity index is 876. The third-order valence-corrected chi connectivity index (χ3v) is 4.30. The van der Waals surface area contributed by atoms with E-state index in [4.69, 9.17) is 16.6 Å². The van der Waals surface area contributed by atoms with Gasteiger partial charge in [0.2, 0.25) is 0 Å². The second kappa shape index (κ2) is 7.80. The third-order valence-electron chi connectivity index (χ3n) is 4.06. The molecule has 1 saturated heterocycles. The van der Waals surface area contributed by atoms with Crippen molar-refractivity contribution in [1.82, 2.24) is 21.1 Å². The largest absolute Gasteiger partial charge is 0.467 e. The number of alkyl halides is 2. The minimum atomic E-state index is -2.95. The molecule has 1 aliphatic rings. The zero-order valence-electron chi connectivity index (χ0n) is 14.6. The summed E-state index contributed by atoms with van der Waals surface area (Å²) in [5, 5.41) is 6.17. The molecule has 0 spiro atoms. The van der Waals surface area contributed by atoms with Gasteiger partial charge in [0.15, 0.2) is 5.11 Å². The number of nitrogens with zero attached hydrogens (tertiary/aromatic N) is 1. The van der Waals surface area contributed by atoms with Crippen molar-refractivity contribution in [1.29, 1.82) is 0 Å². The smallest absolute Gasteiger partial charge is 0.387 e. The summed E-state index contributed by atoms with van der Waals surface area (Å²) in [5.41, 5.74) is 1.53. The molecule has 3 rings (SSSR count). The van der Waals surface area contributed by atoms with E-state index >= 15 is 0 Å². The Morgan fingerprint density at radius 1 is 1.32 bits per heavy atom. The van der Waals surface area contributed by atoms with Crippen LogP contribution in [0.15, 0.2) is 47.1 Å². The Morgan fingerprint density at radius 3 is 2.64 bits per heavy atom. The van der Waals surface area contributed by atoms with E-state index in [2.05, 4.69) is 20.8 Å². The van der Waals surface area contributed by atoms with Crippen LogP contribution < -0.4 is 20.8 Å². The first-order chi connectivity index (χ1) is 13.3. The van der Waals surface area contributed by atoms with Crippen LogP contribution in [0.5, 0.6) is 5.75 Å². The number of hydrazine groups is 1. The summed E-state index contributed by atoms with van der Waals surface area (Å²) in [6, 6.07) is 8.17. The van der Waals surface area contributed by atoms with Gasteiger partial charge in [-0.05, 0) is 49.0 Å². The van der Waals surface area contributed by atoms with Crippen LogP contribution in [0.25, 0.3) is 0 Å². The standard InChI is InChI=1S/C17H16F2N4O4S/c1-17(10-4-6-11(7-5-10)27-14(18)19)13(24)23(16(25)21-17)22-15(28)20-9-12-3-2-8-26-12/h2-8,14H,9H2,1H3,(H,21,25)(H2,20,22,28)/t17-/m1/s1. The predicted octanol–water partition coefficient (Wildman–Crippen LogP) is 2.23. The number of nitrogens with one attached hydrogen (secondary N) is 3. The number of amides is 3. The second-order valence-corrected chi connectivity index (χ2v) is 6.38. The van der Waals surface area contributed by atoms with Gasteiger partial charge in [-0.3, -0.25) is 10.2 Å². The monoisotopic (exact) mass is 410 g/mol. The fourth-order valence-corrected chi connectivity index (χ4v) is 2.79. The predicted molar refractivity (Wildman–Crippen MR) is 97.1 cm³/mol. The molecule has 11 heteroatoms. The van der Waals surface area contributed by atoms with Crippen LogP contribution in [0.2, 0.25) is 0 Å². The second-order valence-electron chi connectivity index (χ2n) is 5.97. The molecule has 0 aliphatic carbocycles. The van der Waals surface area contributed by atoms with Crippen LogP contribution >= 0.6 is 12.2 Å². The van der Waals surface area contributed by atoms with Crippen molar-refractivity contribution in [2.45, 2.75) is 25.6 Å². The maximum atomic E-state index is 12.8. The molecule has 1 aromatic carbocycles. The van der Waals surface area contributed by atoms with E-state index < -0.39 is 24.1 Å². The number of furan rings is 1. The summed E-state index contributed by atoms with van der Waals surface area (Å²) >= 11 is 5.09. The zero-order valence-corrected chi connectivity index (χ0v) is 15.4. The van der Waals surface area contributed by atoms with Crippen LogP contribution in [0.3, 0.4) is 0 Å². The summed E-state index contributed by atoms with van der Waals surface area (Å²) in [4.78, 5) is 25.0. The average Bonchev–Trinajstić information content (AvgIpc) is 3.23. The Labute approximate surface area is 163 Å². The Kier molecular flexibility index (Phi) is 5.45. The Balaban J connectivity index is 1.67. The Morgan fingerprint density at radius 2 is 2.04 bits per heavy atom. The highest BCUT2D eigenvalue weighted by Crippen LogP contribution is 2.29. The van der Waals surface area contributed by atoms with E-state index in [1.165, 1.54) is 37.5 Å². The van der Waals surface area contributed by atoms with E-state index in [-0.39, 0.29) is 17.4 Å². The molecule has 3 amide bonds. The number of benzene rings is 1. The van der Waals surface area contributed by atoms with Crippen LogP contribution in [-0.2, 0) is 16.9 Å². The average molecular weight is 410 g/mol. The molecule has 0 unspecified atom stereocenters. The van der Waals surface area contributed by atoms with E-state index in [1.807, 2.05) is 0 Å². The molecular formula is C17H16F2N4O4S. The highest BCUT2D eigenvalue weighted by molar-refractivity contribution is 7.80. The van der Waals surface area contributed by atoms with Crippen LogP contribution in [0, 0.1) is 0 Å². The molecule has 0 saturated carbocycles. The number of carbonyl (C=O) groups excluding carboxylic acids is 2. The summed E-state index contributed by atoms with van der Waals surface area (Å²) in [6.07, 6.45) is 1.51. The minimum absolute atomic E-state index is 0.0461. The lowest BCUT2D eigenvalue weighted by Crippen LogP contribution is -2.51. The highest BCUT2D eigenvalue weighted by Gasteiger charge is 2.49. The van der Waals surface area contributed by atoms with Gasteiger partial charge in [-0.2, -0.15) is 13.8 Å². The van der Waals surface area contributed by atoms with Gasteiger partial charge in [0.1, 0.15) is 17.0 Å². The number of imide groups is 1. The Hall–Kier alpha value is -3.21. The van der Waals surface area contributed by atoms with Crippen molar-refractivity contribution in [2.75, 3.05) is 0 Å². The molecule has 0 bridgehead atoms. The number of ether oxygens (including phenoxy) is 1. The van der Waals surface area contributed by atoms with Crippen LogP contribution in [0.4, 0.5) is 13.6 Å². The van der Waals surface area contributed by atoms with Gasteiger partial charge in [-0.25, -0.2) is 4.79 Å². The quantitative estimate of drug-likeness (QED) is 0.496. The molecule has 1 aliphatic heterocycles. The van der Waals surface area contributed by atoms with Gasteiger partial charge in [0.25, 0.3) is 5.91 Å². The van der Waals surface area contributed by atoms with Gasteiger partial charge in [-0.1, -0.05) is 12.1 Å². The minimum Gasteiger partial charge on any atom is -0.467 e. The van der Waals surface area contributed by atoms with E-state index in [0.29, 0.717) is 11.3 Å². The van der Waals surface area contributed by atoms with Crippen molar-refractivity contribution in [2.24, 2.45) is 0 Å². The summed E-state index contributed by atoms with van der Waals surface area (Å²) < 4.78 is 34.0. The summed E-state index contributed by atoms with van der Waals surface area (Å²) in [6.45, 7) is -1.19. The zero-order chi connectivity index (χ0) is 20.3. The van der Waals surface area contributed by atoms with E-state index in [9.17, 15) is 18.4 Å². The van der Waals surface area contributed by atoms with Crippen molar-refractivity contribution < 1.29 is 27.5 Å². The van der Waals surface area contributed by atoms with Crippen LogP contribution in [-0.4, -0.2) is 28.7 Å². The summed E-state index contributed by atoms with van der Waals surface area (Å²) in [5.74, 6) is -0.0446. The first-order valence-corrected chi connectivity index (χ1v) is 8.49. The summed E-state index contributed by atoms with van der Waals surface area (Å²) in [7, 11) is 0. The highest BCUT2D eigenvalue weighted by atomic mass is 32.1. The molecule has 2 heterocycles. The van der Waals surface area contributed by atoms with Gasteiger partial charge >= 0.3 is 12.6 Å². The molecular weight excluding hydrogens is 394 g/mol. The molecule has 2 aromatic rings. The maximum absolute atomic E-state index is 12.8. The fraction of sp³-hybridized carbons (Fsp3) is 0.235. The number of rotatable bonds is 6. The maximum Gasteiger partial charge on any atom is 0.387 e. The molecule has 1 fully saturated rings. The topological polar surface area (TPSA) is 95.8 Å². The van der Waals surface area contributed by atoms with Crippen molar-refractivity contribution in [3.8, 4) is 5.75 Å². The van der Waals surface area contributed by atoms with E-state index in [0.717, 1.165) is 5.01 Å². The lowest BCUT2D eigenvalue weighted by Gasteiger charge is -2.23. The molecule has 1 aromatic heterocycles. The molecule has 3 N–H and O–H groups in total. The van der Waals surface area contributed by atoms with E-state index in [1.54, 1.807) is 12.1 Å². The lowest BCUT2D eigenvalue weighted by molar-refractivity contribution is -0.132. The fourth-order valence-electron chi connectivity index (χ4n) is 2.63.